The van der Waals surface area contributed by atoms with E-state index in [1.165, 1.54) is 17.0 Å². The molecule has 24 heavy (non-hydrogen) atoms. The zero-order valence-corrected chi connectivity index (χ0v) is 13.1. The van der Waals surface area contributed by atoms with Crippen molar-refractivity contribution in [2.24, 2.45) is 0 Å². The SMILES string of the molecule is O=C(Nc1ccc(O)cc1)C(=O)N1CCN(c2ccccn2)CC1. The van der Waals surface area contributed by atoms with Gasteiger partial charge in [0.2, 0.25) is 0 Å². The number of pyridine rings is 1. The van der Waals surface area contributed by atoms with E-state index >= 15 is 0 Å². The third kappa shape index (κ3) is 3.62. The van der Waals surface area contributed by atoms with Crippen molar-refractivity contribution in [3.05, 3.63) is 48.7 Å². The van der Waals surface area contributed by atoms with E-state index in [1.54, 1.807) is 18.3 Å². The smallest absolute Gasteiger partial charge is 0.313 e. The fourth-order valence-corrected chi connectivity index (χ4v) is 2.55. The monoisotopic (exact) mass is 326 g/mol. The summed E-state index contributed by atoms with van der Waals surface area (Å²) >= 11 is 0. The largest absolute Gasteiger partial charge is 0.508 e. The summed E-state index contributed by atoms with van der Waals surface area (Å²) in [6, 6.07) is 11.7. The Morgan fingerprint density at radius 1 is 1.00 bits per heavy atom. The summed E-state index contributed by atoms with van der Waals surface area (Å²) in [6.07, 6.45) is 1.73. The molecule has 1 aliphatic rings. The maximum Gasteiger partial charge on any atom is 0.313 e. The van der Waals surface area contributed by atoms with Crippen molar-refractivity contribution in [2.45, 2.75) is 0 Å². The molecule has 0 atom stereocenters. The molecule has 1 saturated heterocycles. The average Bonchev–Trinajstić information content (AvgIpc) is 2.64. The number of aromatic hydroxyl groups is 1. The quantitative estimate of drug-likeness (QED) is 0.637. The van der Waals surface area contributed by atoms with Crippen LogP contribution in [0.15, 0.2) is 48.7 Å². The number of nitrogens with one attached hydrogen (secondary N) is 1. The maximum atomic E-state index is 12.2. The minimum Gasteiger partial charge on any atom is -0.508 e. The molecule has 7 heteroatoms. The van der Waals surface area contributed by atoms with Gasteiger partial charge in [-0.1, -0.05) is 6.07 Å². The van der Waals surface area contributed by atoms with Gasteiger partial charge in [-0.15, -0.1) is 0 Å². The number of anilines is 2. The van der Waals surface area contributed by atoms with Crippen molar-refractivity contribution < 1.29 is 14.7 Å². The van der Waals surface area contributed by atoms with E-state index in [2.05, 4.69) is 15.2 Å². The van der Waals surface area contributed by atoms with Crippen LogP contribution in [-0.4, -0.2) is 53.0 Å². The van der Waals surface area contributed by atoms with Crippen LogP contribution in [0.5, 0.6) is 5.75 Å². The number of piperazine rings is 1. The van der Waals surface area contributed by atoms with Crippen LogP contribution in [0.4, 0.5) is 11.5 Å². The summed E-state index contributed by atoms with van der Waals surface area (Å²) in [5.41, 5.74) is 0.471. The fourth-order valence-electron chi connectivity index (χ4n) is 2.55. The molecule has 124 valence electrons. The molecule has 7 nitrogen and oxygen atoms in total. The van der Waals surface area contributed by atoms with Gasteiger partial charge in [-0.25, -0.2) is 4.98 Å². The van der Waals surface area contributed by atoms with Crippen LogP contribution in [0.2, 0.25) is 0 Å². The van der Waals surface area contributed by atoms with Gasteiger partial charge in [0.15, 0.2) is 0 Å². The van der Waals surface area contributed by atoms with E-state index in [4.69, 9.17) is 0 Å². The van der Waals surface area contributed by atoms with Crippen LogP contribution in [-0.2, 0) is 9.59 Å². The highest BCUT2D eigenvalue weighted by Crippen LogP contribution is 2.15. The van der Waals surface area contributed by atoms with Crippen molar-refractivity contribution in [1.82, 2.24) is 9.88 Å². The summed E-state index contributed by atoms with van der Waals surface area (Å²) in [5, 5.41) is 11.8. The zero-order chi connectivity index (χ0) is 16.9. The van der Waals surface area contributed by atoms with Crippen LogP contribution in [0.1, 0.15) is 0 Å². The van der Waals surface area contributed by atoms with Gasteiger partial charge in [-0.2, -0.15) is 0 Å². The van der Waals surface area contributed by atoms with Gasteiger partial charge in [0, 0.05) is 38.1 Å². The summed E-state index contributed by atoms with van der Waals surface area (Å²) in [4.78, 5) is 32.2. The Morgan fingerprint density at radius 2 is 1.71 bits per heavy atom. The van der Waals surface area contributed by atoms with Crippen LogP contribution >= 0.6 is 0 Å². The van der Waals surface area contributed by atoms with E-state index in [0.29, 0.717) is 31.9 Å². The summed E-state index contributed by atoms with van der Waals surface area (Å²) < 4.78 is 0. The molecule has 0 radical (unpaired) electrons. The molecule has 1 aromatic heterocycles. The Labute approximate surface area is 139 Å². The molecule has 2 N–H and O–H groups in total. The lowest BCUT2D eigenvalue weighted by Crippen LogP contribution is -2.51. The number of rotatable bonds is 2. The molecular weight excluding hydrogens is 308 g/mol. The van der Waals surface area contributed by atoms with Crippen LogP contribution < -0.4 is 10.2 Å². The second-order valence-electron chi connectivity index (χ2n) is 5.47. The number of carbonyl (C=O) groups is 2. The molecule has 0 spiro atoms. The summed E-state index contributed by atoms with van der Waals surface area (Å²) in [6.45, 7) is 2.21. The first-order valence-corrected chi connectivity index (χ1v) is 7.69. The van der Waals surface area contributed by atoms with Gasteiger partial charge in [0.25, 0.3) is 0 Å². The third-order valence-electron chi connectivity index (χ3n) is 3.86. The number of hydrogen-bond donors (Lipinski definition) is 2. The second-order valence-corrected chi connectivity index (χ2v) is 5.47. The number of carbonyl (C=O) groups excluding carboxylic acids is 2. The zero-order valence-electron chi connectivity index (χ0n) is 13.1. The highest BCUT2D eigenvalue weighted by molar-refractivity contribution is 6.39. The van der Waals surface area contributed by atoms with E-state index in [9.17, 15) is 14.7 Å². The molecule has 0 unspecified atom stereocenters. The van der Waals surface area contributed by atoms with Crippen LogP contribution in [0.3, 0.4) is 0 Å². The van der Waals surface area contributed by atoms with Gasteiger partial charge in [-0.3, -0.25) is 9.59 Å². The first-order valence-electron chi connectivity index (χ1n) is 7.69. The normalized spacial score (nSPS) is 14.3. The number of benzene rings is 1. The number of hydrogen-bond acceptors (Lipinski definition) is 5. The Morgan fingerprint density at radius 3 is 2.33 bits per heavy atom. The van der Waals surface area contributed by atoms with Crippen molar-refractivity contribution in [1.29, 1.82) is 0 Å². The molecule has 0 aliphatic carbocycles. The average molecular weight is 326 g/mol. The van der Waals surface area contributed by atoms with E-state index < -0.39 is 11.8 Å². The molecule has 2 amide bonds. The Bertz CT molecular complexity index is 710. The second kappa shape index (κ2) is 6.99. The molecule has 1 aliphatic heterocycles. The van der Waals surface area contributed by atoms with E-state index in [0.717, 1.165) is 5.82 Å². The Balaban J connectivity index is 1.54. The number of nitrogens with zero attached hydrogens (tertiary/aromatic N) is 3. The minimum absolute atomic E-state index is 0.102. The van der Waals surface area contributed by atoms with Gasteiger partial charge >= 0.3 is 11.8 Å². The predicted octanol–water partition coefficient (Wildman–Crippen LogP) is 1.07. The standard InChI is InChI=1S/C17H18N4O3/c22-14-6-4-13(5-7-14)19-16(23)17(24)21-11-9-20(10-12-21)15-3-1-2-8-18-15/h1-8,22H,9-12H2,(H,19,23). The lowest BCUT2D eigenvalue weighted by Gasteiger charge is -2.34. The van der Waals surface area contributed by atoms with Gasteiger partial charge in [0.05, 0.1) is 0 Å². The van der Waals surface area contributed by atoms with Crippen molar-refractivity contribution in [3.63, 3.8) is 0 Å². The van der Waals surface area contributed by atoms with Crippen LogP contribution in [0, 0.1) is 0 Å². The number of phenolic OH excluding ortho intramolecular Hbond substituents is 1. The lowest BCUT2D eigenvalue weighted by atomic mass is 10.2. The highest BCUT2D eigenvalue weighted by Gasteiger charge is 2.26. The molecular formula is C17H18N4O3. The lowest BCUT2D eigenvalue weighted by molar-refractivity contribution is -0.143. The molecule has 3 rings (SSSR count). The van der Waals surface area contributed by atoms with Gasteiger partial charge in [0.1, 0.15) is 11.6 Å². The molecule has 0 saturated carbocycles. The Kier molecular flexibility index (Phi) is 4.60. The van der Waals surface area contributed by atoms with Gasteiger partial charge < -0.3 is 20.2 Å². The van der Waals surface area contributed by atoms with E-state index in [-0.39, 0.29) is 5.75 Å². The maximum absolute atomic E-state index is 12.2. The molecule has 2 heterocycles. The number of amides is 2. The summed E-state index contributed by atoms with van der Waals surface area (Å²) in [7, 11) is 0. The van der Waals surface area contributed by atoms with Crippen LogP contribution in [0.25, 0.3) is 0 Å². The number of phenols is 1. The fraction of sp³-hybridized carbons (Fsp3) is 0.235. The van der Waals surface area contributed by atoms with Crippen molar-refractivity contribution >= 4 is 23.3 Å². The molecule has 0 bridgehead atoms. The third-order valence-corrected chi connectivity index (χ3v) is 3.86. The first kappa shape index (κ1) is 15.8. The summed E-state index contributed by atoms with van der Waals surface area (Å²) in [5.74, 6) is -0.251. The number of aromatic nitrogens is 1. The highest BCUT2D eigenvalue weighted by atomic mass is 16.3. The van der Waals surface area contributed by atoms with Crippen molar-refractivity contribution in [2.75, 3.05) is 36.4 Å². The minimum atomic E-state index is -0.674. The molecule has 1 aromatic carbocycles. The first-order chi connectivity index (χ1) is 11.6. The van der Waals surface area contributed by atoms with E-state index in [1.807, 2.05) is 18.2 Å². The molecule has 2 aromatic rings. The van der Waals surface area contributed by atoms with Crippen molar-refractivity contribution in [3.8, 4) is 5.75 Å². The van der Waals surface area contributed by atoms with Gasteiger partial charge in [-0.05, 0) is 36.4 Å². The predicted molar refractivity (Wildman–Crippen MR) is 89.8 cm³/mol. The Hall–Kier alpha value is -3.09. The topological polar surface area (TPSA) is 85.8 Å². The molecule has 1 fully saturated rings.